The van der Waals surface area contributed by atoms with Gasteiger partial charge in [0.1, 0.15) is 18.1 Å². The van der Waals surface area contributed by atoms with Crippen LogP contribution in [-0.4, -0.2) is 29.9 Å². The van der Waals surface area contributed by atoms with Crippen LogP contribution >= 0.6 is 15.9 Å². The molecule has 1 aromatic heterocycles. The standard InChI is InChI=1S/C22H21BrN2O4/c1-16-9-10-20(19(23)12-16)29-15-22(27)25(13-18-8-5-11-28-18)14-21(26)24-17-6-3-2-4-7-17/h2-12H,13-15H2,1H3,(H,24,26). The maximum Gasteiger partial charge on any atom is 0.261 e. The molecule has 0 aliphatic rings. The van der Waals surface area contributed by atoms with E-state index in [4.69, 9.17) is 9.15 Å². The van der Waals surface area contributed by atoms with Gasteiger partial charge in [-0.25, -0.2) is 0 Å². The fraction of sp³-hybridized carbons (Fsp3) is 0.182. The minimum absolute atomic E-state index is 0.118. The highest BCUT2D eigenvalue weighted by molar-refractivity contribution is 9.10. The van der Waals surface area contributed by atoms with Gasteiger partial charge in [0.15, 0.2) is 6.61 Å². The average Bonchev–Trinajstić information content (AvgIpc) is 3.20. The highest BCUT2D eigenvalue weighted by Gasteiger charge is 2.20. The number of anilines is 1. The van der Waals surface area contributed by atoms with Crippen molar-refractivity contribution in [1.29, 1.82) is 0 Å². The number of rotatable bonds is 8. The number of nitrogens with zero attached hydrogens (tertiary/aromatic N) is 1. The molecule has 0 bridgehead atoms. The molecule has 0 aliphatic carbocycles. The number of furan rings is 1. The monoisotopic (exact) mass is 456 g/mol. The molecule has 0 saturated carbocycles. The van der Waals surface area contributed by atoms with Gasteiger partial charge in [0, 0.05) is 5.69 Å². The number of carbonyl (C=O) groups is 2. The van der Waals surface area contributed by atoms with E-state index < -0.39 is 0 Å². The molecular formula is C22H21BrN2O4. The molecule has 3 rings (SSSR count). The quantitative estimate of drug-likeness (QED) is 0.545. The number of hydrogen-bond donors (Lipinski definition) is 1. The van der Waals surface area contributed by atoms with Crippen LogP contribution in [0.15, 0.2) is 75.8 Å². The first-order chi connectivity index (χ1) is 14.0. The van der Waals surface area contributed by atoms with Gasteiger partial charge in [-0.2, -0.15) is 0 Å². The zero-order chi connectivity index (χ0) is 20.6. The maximum atomic E-state index is 12.8. The van der Waals surface area contributed by atoms with Gasteiger partial charge in [0.25, 0.3) is 5.91 Å². The molecule has 29 heavy (non-hydrogen) atoms. The van der Waals surface area contributed by atoms with E-state index in [1.165, 1.54) is 11.2 Å². The predicted molar refractivity (Wildman–Crippen MR) is 114 cm³/mol. The predicted octanol–water partition coefficient (Wildman–Crippen LogP) is 4.40. The van der Waals surface area contributed by atoms with Crippen molar-refractivity contribution in [1.82, 2.24) is 4.90 Å². The Hall–Kier alpha value is -3.06. The summed E-state index contributed by atoms with van der Waals surface area (Å²) in [6.45, 7) is 1.83. The lowest BCUT2D eigenvalue weighted by Crippen LogP contribution is -2.40. The third-order valence-electron chi connectivity index (χ3n) is 4.11. The summed E-state index contributed by atoms with van der Waals surface area (Å²) in [5, 5.41) is 2.78. The number of benzene rings is 2. The Kier molecular flexibility index (Phi) is 7.08. The average molecular weight is 457 g/mol. The normalized spacial score (nSPS) is 10.4. The summed E-state index contributed by atoms with van der Waals surface area (Å²) in [4.78, 5) is 26.6. The summed E-state index contributed by atoms with van der Waals surface area (Å²) in [6, 6.07) is 18.2. The zero-order valence-electron chi connectivity index (χ0n) is 15.9. The Labute approximate surface area is 177 Å². The molecule has 0 atom stereocenters. The van der Waals surface area contributed by atoms with Crippen LogP contribution in [0.25, 0.3) is 0 Å². The summed E-state index contributed by atoms with van der Waals surface area (Å²) < 4.78 is 11.8. The molecule has 7 heteroatoms. The summed E-state index contributed by atoms with van der Waals surface area (Å²) in [5.74, 6) is 0.530. The van der Waals surface area contributed by atoms with Crippen molar-refractivity contribution in [2.24, 2.45) is 0 Å². The Bertz CT molecular complexity index is 958. The molecule has 2 aromatic carbocycles. The van der Waals surface area contributed by atoms with Crippen LogP contribution in [0.3, 0.4) is 0 Å². The number of nitrogens with one attached hydrogen (secondary N) is 1. The van der Waals surface area contributed by atoms with E-state index in [0.717, 1.165) is 10.0 Å². The second-order valence-electron chi connectivity index (χ2n) is 6.47. The lowest BCUT2D eigenvalue weighted by molar-refractivity contribution is -0.137. The maximum absolute atomic E-state index is 12.8. The lowest BCUT2D eigenvalue weighted by atomic mass is 10.2. The molecular weight excluding hydrogens is 436 g/mol. The van der Waals surface area contributed by atoms with E-state index in [2.05, 4.69) is 21.2 Å². The summed E-state index contributed by atoms with van der Waals surface area (Å²) in [7, 11) is 0. The Morgan fingerprint density at radius 3 is 2.59 bits per heavy atom. The van der Waals surface area contributed by atoms with Crippen molar-refractivity contribution >= 4 is 33.4 Å². The summed E-state index contributed by atoms with van der Waals surface area (Å²) in [5.41, 5.74) is 1.75. The molecule has 0 aliphatic heterocycles. The van der Waals surface area contributed by atoms with E-state index >= 15 is 0 Å². The van der Waals surface area contributed by atoms with Crippen LogP contribution in [0, 0.1) is 6.92 Å². The molecule has 1 heterocycles. The topological polar surface area (TPSA) is 71.8 Å². The zero-order valence-corrected chi connectivity index (χ0v) is 17.5. The van der Waals surface area contributed by atoms with Crippen molar-refractivity contribution < 1.29 is 18.7 Å². The fourth-order valence-corrected chi connectivity index (χ4v) is 3.28. The molecule has 6 nitrogen and oxygen atoms in total. The number of halogens is 1. The summed E-state index contributed by atoms with van der Waals surface area (Å²) >= 11 is 3.43. The molecule has 3 aromatic rings. The summed E-state index contributed by atoms with van der Waals surface area (Å²) in [6.07, 6.45) is 1.53. The highest BCUT2D eigenvalue weighted by atomic mass is 79.9. The minimum Gasteiger partial charge on any atom is -0.483 e. The van der Waals surface area contributed by atoms with Crippen molar-refractivity contribution in [3.05, 3.63) is 82.7 Å². The van der Waals surface area contributed by atoms with Gasteiger partial charge >= 0.3 is 0 Å². The number of para-hydroxylation sites is 1. The smallest absolute Gasteiger partial charge is 0.261 e. The fourth-order valence-electron chi connectivity index (χ4n) is 2.67. The SMILES string of the molecule is Cc1ccc(OCC(=O)N(CC(=O)Nc2ccccc2)Cc2ccco2)c(Br)c1. The third-order valence-corrected chi connectivity index (χ3v) is 4.73. The van der Waals surface area contributed by atoms with Gasteiger partial charge in [-0.1, -0.05) is 24.3 Å². The van der Waals surface area contributed by atoms with Gasteiger partial charge in [-0.05, 0) is 64.8 Å². The molecule has 0 spiro atoms. The van der Waals surface area contributed by atoms with Gasteiger partial charge in [-0.3, -0.25) is 9.59 Å². The highest BCUT2D eigenvalue weighted by Crippen LogP contribution is 2.25. The van der Waals surface area contributed by atoms with Crippen LogP contribution in [0.2, 0.25) is 0 Å². The van der Waals surface area contributed by atoms with Crippen molar-refractivity contribution in [2.75, 3.05) is 18.5 Å². The van der Waals surface area contributed by atoms with Crippen LogP contribution < -0.4 is 10.1 Å². The van der Waals surface area contributed by atoms with E-state index in [-0.39, 0.29) is 31.5 Å². The third kappa shape index (κ3) is 6.22. The number of ether oxygens (including phenoxy) is 1. The molecule has 150 valence electrons. The van der Waals surface area contributed by atoms with Gasteiger partial charge in [0.2, 0.25) is 5.91 Å². The number of carbonyl (C=O) groups excluding carboxylic acids is 2. The lowest BCUT2D eigenvalue weighted by Gasteiger charge is -2.21. The van der Waals surface area contributed by atoms with Crippen LogP contribution in [0.1, 0.15) is 11.3 Å². The first-order valence-electron chi connectivity index (χ1n) is 9.05. The van der Waals surface area contributed by atoms with E-state index in [9.17, 15) is 9.59 Å². The largest absolute Gasteiger partial charge is 0.483 e. The molecule has 2 amide bonds. The van der Waals surface area contributed by atoms with Crippen molar-refractivity contribution in [3.63, 3.8) is 0 Å². The van der Waals surface area contributed by atoms with Crippen molar-refractivity contribution in [3.8, 4) is 5.75 Å². The minimum atomic E-state index is -0.322. The number of amides is 2. The Morgan fingerprint density at radius 1 is 1.10 bits per heavy atom. The van der Waals surface area contributed by atoms with Crippen LogP contribution in [0.5, 0.6) is 5.75 Å². The van der Waals surface area contributed by atoms with Gasteiger partial charge in [0.05, 0.1) is 17.3 Å². The van der Waals surface area contributed by atoms with Crippen molar-refractivity contribution in [2.45, 2.75) is 13.5 Å². The Morgan fingerprint density at radius 2 is 1.90 bits per heavy atom. The molecule has 0 unspecified atom stereocenters. The van der Waals surface area contributed by atoms with E-state index in [1.807, 2.05) is 37.3 Å². The number of aryl methyl sites for hydroxylation is 1. The second kappa shape index (κ2) is 9.93. The molecule has 0 radical (unpaired) electrons. The van der Waals surface area contributed by atoms with E-state index in [0.29, 0.717) is 17.2 Å². The first-order valence-corrected chi connectivity index (χ1v) is 9.84. The van der Waals surface area contributed by atoms with Crippen LogP contribution in [0.4, 0.5) is 5.69 Å². The van der Waals surface area contributed by atoms with Gasteiger partial charge in [-0.15, -0.1) is 0 Å². The molecule has 0 fully saturated rings. The number of hydrogen-bond acceptors (Lipinski definition) is 4. The Balaban J connectivity index is 1.65. The second-order valence-corrected chi connectivity index (χ2v) is 7.32. The molecule has 1 N–H and O–H groups in total. The first kappa shape index (κ1) is 20.7. The van der Waals surface area contributed by atoms with E-state index in [1.54, 1.807) is 30.3 Å². The molecule has 0 saturated heterocycles. The van der Waals surface area contributed by atoms with Crippen LogP contribution in [-0.2, 0) is 16.1 Å². The van der Waals surface area contributed by atoms with Gasteiger partial charge < -0.3 is 19.4 Å².